The molecule has 1 aliphatic rings. The van der Waals surface area contributed by atoms with Crippen molar-refractivity contribution in [3.8, 4) is 16.9 Å². The van der Waals surface area contributed by atoms with Gasteiger partial charge in [0.2, 0.25) is 5.91 Å². The van der Waals surface area contributed by atoms with Gasteiger partial charge in [0.25, 0.3) is 0 Å². The molecule has 1 unspecified atom stereocenters. The Morgan fingerprint density at radius 2 is 2.00 bits per heavy atom. The number of aromatic nitrogens is 3. The summed E-state index contributed by atoms with van der Waals surface area (Å²) in [5.41, 5.74) is 7.76. The number of likely N-dealkylation sites (N-methyl/N-ethyl adjacent to an activating group) is 1. The standard InChI is InChI=1S/C24H29Cl2FN6O2/c1-14(25)22(23(26)15(2)27)16(3)35-20-9-17(10-30-24(20)28)18-11-31-33(13-18)19-5-7-32(8-6-19)21(34)12-29-4/h9-11,13,16,19,29H,1-2,5-8,12H2,3-4H3,(H2,28,30). The second-order valence-corrected chi connectivity index (χ2v) is 9.09. The molecule has 0 saturated carbocycles. The van der Waals surface area contributed by atoms with Crippen LogP contribution in [-0.2, 0) is 4.79 Å². The highest BCUT2D eigenvalue weighted by molar-refractivity contribution is 6.36. The van der Waals surface area contributed by atoms with Crippen LogP contribution in [0.25, 0.3) is 11.1 Å². The van der Waals surface area contributed by atoms with Crippen molar-refractivity contribution in [3.63, 3.8) is 0 Å². The summed E-state index contributed by atoms with van der Waals surface area (Å²) < 4.78 is 21.5. The Bertz CT molecular complexity index is 1140. The Hall–Kier alpha value is -2.88. The largest absolute Gasteiger partial charge is 0.482 e. The highest BCUT2D eigenvalue weighted by Crippen LogP contribution is 2.34. The fourth-order valence-corrected chi connectivity index (χ4v) is 4.51. The average Bonchev–Trinajstić information content (AvgIpc) is 3.31. The number of piperidine rings is 1. The summed E-state index contributed by atoms with van der Waals surface area (Å²) in [4.78, 5) is 18.2. The van der Waals surface area contributed by atoms with Crippen molar-refractivity contribution in [1.29, 1.82) is 0 Å². The molecule has 0 radical (unpaired) electrons. The third-order valence-corrected chi connectivity index (χ3v) is 6.43. The SMILES string of the molecule is C=C(F)C(Cl)=C(C(=C)Cl)C(C)Oc1cc(-c2cnn(C3CCN(C(=O)CNC)CC3)c2)cnc1N. The second-order valence-electron chi connectivity index (χ2n) is 8.26. The average molecular weight is 523 g/mol. The first-order valence-electron chi connectivity index (χ1n) is 11.1. The molecule has 3 heterocycles. The van der Waals surface area contributed by atoms with E-state index in [9.17, 15) is 9.18 Å². The van der Waals surface area contributed by atoms with Gasteiger partial charge in [0.15, 0.2) is 11.6 Å². The minimum atomic E-state index is -0.844. The summed E-state index contributed by atoms with van der Waals surface area (Å²) >= 11 is 12.0. The highest BCUT2D eigenvalue weighted by atomic mass is 35.5. The van der Waals surface area contributed by atoms with Crippen molar-refractivity contribution in [2.24, 2.45) is 0 Å². The van der Waals surface area contributed by atoms with Crippen LogP contribution in [-0.4, -0.2) is 58.4 Å². The van der Waals surface area contributed by atoms with Crippen LogP contribution in [0.2, 0.25) is 0 Å². The smallest absolute Gasteiger partial charge is 0.236 e. The van der Waals surface area contributed by atoms with Gasteiger partial charge in [-0.2, -0.15) is 5.10 Å². The van der Waals surface area contributed by atoms with Crippen LogP contribution in [0.1, 0.15) is 25.8 Å². The number of ether oxygens (including phenoxy) is 1. The minimum Gasteiger partial charge on any atom is -0.482 e. The predicted molar refractivity (Wildman–Crippen MR) is 137 cm³/mol. The normalized spacial score (nSPS) is 16.0. The van der Waals surface area contributed by atoms with Gasteiger partial charge in [0.05, 0.1) is 23.8 Å². The number of rotatable bonds is 9. The number of carbonyl (C=O) groups is 1. The summed E-state index contributed by atoms with van der Waals surface area (Å²) in [7, 11) is 1.76. The monoisotopic (exact) mass is 522 g/mol. The van der Waals surface area contributed by atoms with Crippen LogP contribution in [0.4, 0.5) is 10.2 Å². The molecule has 1 fully saturated rings. The first-order valence-corrected chi connectivity index (χ1v) is 11.9. The van der Waals surface area contributed by atoms with Gasteiger partial charge in [-0.25, -0.2) is 9.37 Å². The molecular formula is C24H29Cl2FN6O2. The van der Waals surface area contributed by atoms with E-state index in [-0.39, 0.29) is 39.2 Å². The number of nitrogen functional groups attached to an aromatic ring is 1. The number of nitrogens with two attached hydrogens (primary N) is 1. The number of hydrogen-bond donors (Lipinski definition) is 2. The Morgan fingerprint density at radius 1 is 1.31 bits per heavy atom. The highest BCUT2D eigenvalue weighted by Gasteiger charge is 2.24. The number of carbonyl (C=O) groups excluding carboxylic acids is 1. The van der Waals surface area contributed by atoms with E-state index in [2.05, 4.69) is 28.6 Å². The summed E-state index contributed by atoms with van der Waals surface area (Å²) in [6, 6.07) is 1.92. The van der Waals surface area contributed by atoms with Gasteiger partial charge < -0.3 is 20.7 Å². The van der Waals surface area contributed by atoms with E-state index < -0.39 is 11.9 Å². The van der Waals surface area contributed by atoms with Gasteiger partial charge >= 0.3 is 0 Å². The van der Waals surface area contributed by atoms with E-state index in [1.54, 1.807) is 32.4 Å². The molecule has 3 rings (SSSR count). The molecule has 35 heavy (non-hydrogen) atoms. The molecule has 1 atom stereocenters. The predicted octanol–water partition coefficient (Wildman–Crippen LogP) is 4.41. The van der Waals surface area contributed by atoms with Gasteiger partial charge in [0, 0.05) is 47.2 Å². The van der Waals surface area contributed by atoms with Crippen molar-refractivity contribution in [2.75, 3.05) is 32.4 Å². The van der Waals surface area contributed by atoms with E-state index >= 15 is 0 Å². The van der Waals surface area contributed by atoms with Crippen molar-refractivity contribution < 1.29 is 13.9 Å². The van der Waals surface area contributed by atoms with Gasteiger partial charge in [-0.05, 0) is 32.9 Å². The Kier molecular flexibility index (Phi) is 8.93. The molecule has 0 aliphatic carbocycles. The van der Waals surface area contributed by atoms with E-state index in [4.69, 9.17) is 33.7 Å². The third-order valence-electron chi connectivity index (χ3n) is 5.81. The summed E-state index contributed by atoms with van der Waals surface area (Å²) in [6.45, 7) is 10.2. The molecule has 0 spiro atoms. The zero-order chi connectivity index (χ0) is 25.7. The quantitative estimate of drug-likeness (QED) is 0.473. The molecular weight excluding hydrogens is 494 g/mol. The lowest BCUT2D eigenvalue weighted by Gasteiger charge is -2.32. The maximum atomic E-state index is 13.6. The Balaban J connectivity index is 1.75. The molecule has 2 aromatic rings. The fourth-order valence-electron chi connectivity index (χ4n) is 3.95. The topological polar surface area (TPSA) is 98.3 Å². The number of nitrogens with one attached hydrogen (secondary N) is 1. The number of allylic oxidation sites excluding steroid dienone is 2. The third kappa shape index (κ3) is 6.42. The van der Waals surface area contributed by atoms with Crippen molar-refractivity contribution >= 4 is 34.9 Å². The fraction of sp³-hybridized carbons (Fsp3) is 0.375. The lowest BCUT2D eigenvalue weighted by atomic mass is 10.1. The Morgan fingerprint density at radius 3 is 2.60 bits per heavy atom. The zero-order valence-electron chi connectivity index (χ0n) is 19.7. The van der Waals surface area contributed by atoms with Crippen LogP contribution in [0.3, 0.4) is 0 Å². The number of hydrogen-bond acceptors (Lipinski definition) is 6. The van der Waals surface area contributed by atoms with E-state index in [0.717, 1.165) is 24.0 Å². The summed E-state index contributed by atoms with van der Waals surface area (Å²) in [5.74, 6) is -0.303. The number of halogens is 3. The van der Waals surface area contributed by atoms with Crippen LogP contribution in [0, 0.1) is 0 Å². The number of amides is 1. The minimum absolute atomic E-state index is 0.0315. The molecule has 0 aromatic carbocycles. The Labute approximate surface area is 214 Å². The van der Waals surface area contributed by atoms with E-state index in [0.29, 0.717) is 19.6 Å². The van der Waals surface area contributed by atoms with Crippen molar-refractivity contribution in [2.45, 2.75) is 31.9 Å². The van der Waals surface area contributed by atoms with Crippen molar-refractivity contribution in [3.05, 3.63) is 59.3 Å². The van der Waals surface area contributed by atoms with Gasteiger partial charge in [0.1, 0.15) is 11.9 Å². The number of pyridine rings is 1. The second kappa shape index (κ2) is 11.7. The van der Waals surface area contributed by atoms with Crippen LogP contribution < -0.4 is 15.8 Å². The zero-order valence-corrected chi connectivity index (χ0v) is 21.2. The molecule has 1 saturated heterocycles. The summed E-state index contributed by atoms with van der Waals surface area (Å²) in [6.07, 6.45) is 6.18. The number of anilines is 1. The maximum Gasteiger partial charge on any atom is 0.236 e. The van der Waals surface area contributed by atoms with Gasteiger partial charge in [-0.15, -0.1) is 0 Å². The van der Waals surface area contributed by atoms with Gasteiger partial charge in [-0.3, -0.25) is 9.48 Å². The molecule has 0 bridgehead atoms. The molecule has 3 N–H and O–H groups in total. The van der Waals surface area contributed by atoms with E-state index in [1.807, 2.05) is 15.8 Å². The van der Waals surface area contributed by atoms with Gasteiger partial charge in [-0.1, -0.05) is 36.4 Å². The molecule has 1 amide bonds. The molecule has 2 aromatic heterocycles. The van der Waals surface area contributed by atoms with E-state index in [1.165, 1.54) is 0 Å². The molecule has 11 heteroatoms. The lowest BCUT2D eigenvalue weighted by Crippen LogP contribution is -2.42. The first kappa shape index (κ1) is 26.7. The van der Waals surface area contributed by atoms with Crippen LogP contribution in [0.5, 0.6) is 5.75 Å². The lowest BCUT2D eigenvalue weighted by molar-refractivity contribution is -0.131. The maximum absolute atomic E-state index is 13.6. The number of likely N-dealkylation sites (tertiary alicyclic amines) is 1. The summed E-state index contributed by atoms with van der Waals surface area (Å²) in [5, 5.41) is 7.19. The molecule has 188 valence electrons. The van der Waals surface area contributed by atoms with Crippen LogP contribution in [0.15, 0.2) is 59.3 Å². The molecule has 8 nitrogen and oxygen atoms in total. The molecule has 1 aliphatic heterocycles. The van der Waals surface area contributed by atoms with Crippen LogP contribution >= 0.6 is 23.2 Å². The van der Waals surface area contributed by atoms with Crippen molar-refractivity contribution in [1.82, 2.24) is 25.0 Å². The first-order chi connectivity index (χ1) is 16.6. The number of nitrogens with zero attached hydrogens (tertiary/aromatic N) is 4.